The molecule has 0 radical (unpaired) electrons. The SMILES string of the molecule is C[C@H](OC(=O)c1ccc(-n2cccn2)cc1)C(=O)Nc1ccc2c(c1)CCC2. The molecule has 6 heteroatoms. The van der Waals surface area contributed by atoms with Crippen molar-refractivity contribution in [1.82, 2.24) is 9.78 Å². The maximum atomic E-state index is 12.4. The van der Waals surface area contributed by atoms with Gasteiger partial charge in [-0.25, -0.2) is 9.48 Å². The van der Waals surface area contributed by atoms with Gasteiger partial charge in [-0.1, -0.05) is 6.07 Å². The predicted molar refractivity (Wildman–Crippen MR) is 106 cm³/mol. The van der Waals surface area contributed by atoms with Crippen LogP contribution in [0.25, 0.3) is 5.69 Å². The predicted octanol–water partition coefficient (Wildman–Crippen LogP) is 3.55. The van der Waals surface area contributed by atoms with Crippen LogP contribution in [0.4, 0.5) is 5.69 Å². The van der Waals surface area contributed by atoms with E-state index in [0.717, 1.165) is 30.6 Å². The first kappa shape index (κ1) is 18.0. The summed E-state index contributed by atoms with van der Waals surface area (Å²) in [7, 11) is 0. The number of ether oxygens (including phenoxy) is 1. The van der Waals surface area contributed by atoms with Crippen LogP contribution in [-0.2, 0) is 22.4 Å². The third-order valence-electron chi connectivity index (χ3n) is 4.89. The van der Waals surface area contributed by atoms with Gasteiger partial charge < -0.3 is 10.1 Å². The Bertz CT molecular complexity index is 994. The molecule has 0 saturated heterocycles. The van der Waals surface area contributed by atoms with Gasteiger partial charge in [-0.15, -0.1) is 0 Å². The molecule has 0 unspecified atom stereocenters. The van der Waals surface area contributed by atoms with Crippen LogP contribution < -0.4 is 5.32 Å². The van der Waals surface area contributed by atoms with Crippen molar-refractivity contribution in [3.05, 3.63) is 77.6 Å². The van der Waals surface area contributed by atoms with E-state index in [1.54, 1.807) is 42.1 Å². The summed E-state index contributed by atoms with van der Waals surface area (Å²) in [5.74, 6) is -0.886. The highest BCUT2D eigenvalue weighted by atomic mass is 16.5. The first-order valence-corrected chi connectivity index (χ1v) is 9.34. The van der Waals surface area contributed by atoms with Crippen molar-refractivity contribution >= 4 is 17.6 Å². The number of benzene rings is 2. The number of hydrogen-bond donors (Lipinski definition) is 1. The zero-order chi connectivity index (χ0) is 19.5. The van der Waals surface area contributed by atoms with Gasteiger partial charge >= 0.3 is 5.97 Å². The van der Waals surface area contributed by atoms with Crippen molar-refractivity contribution in [2.24, 2.45) is 0 Å². The number of aromatic nitrogens is 2. The second kappa shape index (κ2) is 7.68. The molecule has 28 heavy (non-hydrogen) atoms. The topological polar surface area (TPSA) is 73.2 Å². The number of fused-ring (bicyclic) bond motifs is 1. The van der Waals surface area contributed by atoms with Crippen LogP contribution in [0.5, 0.6) is 0 Å². The molecule has 1 aliphatic carbocycles. The lowest BCUT2D eigenvalue weighted by Gasteiger charge is -2.14. The first-order chi connectivity index (χ1) is 13.6. The fraction of sp³-hybridized carbons (Fsp3) is 0.227. The normalized spacial score (nSPS) is 13.6. The standard InChI is InChI=1S/C22H21N3O3/c1-15(21(26)24-19-9-6-16-4-2-5-18(16)14-19)28-22(27)17-7-10-20(11-8-17)25-13-3-12-23-25/h3,6-15H,2,4-5H2,1H3,(H,24,26)/t15-/m0/s1. The van der Waals surface area contributed by atoms with E-state index in [1.165, 1.54) is 11.1 Å². The van der Waals surface area contributed by atoms with E-state index in [1.807, 2.05) is 24.4 Å². The third-order valence-corrected chi connectivity index (χ3v) is 4.89. The Morgan fingerprint density at radius 2 is 1.89 bits per heavy atom. The number of aryl methyl sites for hydroxylation is 2. The molecule has 1 aliphatic rings. The van der Waals surface area contributed by atoms with E-state index in [-0.39, 0.29) is 5.91 Å². The zero-order valence-electron chi connectivity index (χ0n) is 15.6. The highest BCUT2D eigenvalue weighted by Gasteiger charge is 2.20. The van der Waals surface area contributed by atoms with Gasteiger partial charge in [-0.3, -0.25) is 4.79 Å². The molecule has 0 bridgehead atoms. The van der Waals surface area contributed by atoms with Crippen LogP contribution in [0.3, 0.4) is 0 Å². The summed E-state index contributed by atoms with van der Waals surface area (Å²) in [4.78, 5) is 24.7. The number of esters is 1. The van der Waals surface area contributed by atoms with Gasteiger partial charge in [-0.2, -0.15) is 5.10 Å². The fourth-order valence-corrected chi connectivity index (χ4v) is 3.35. The molecule has 1 N–H and O–H groups in total. The number of carbonyl (C=O) groups is 2. The van der Waals surface area contributed by atoms with Crippen LogP contribution >= 0.6 is 0 Å². The van der Waals surface area contributed by atoms with Gasteiger partial charge in [0, 0.05) is 18.1 Å². The number of nitrogens with one attached hydrogen (secondary N) is 1. The number of hydrogen-bond acceptors (Lipinski definition) is 4. The van der Waals surface area contributed by atoms with E-state index in [0.29, 0.717) is 5.56 Å². The summed E-state index contributed by atoms with van der Waals surface area (Å²) in [6, 6.07) is 14.6. The van der Waals surface area contributed by atoms with Crippen molar-refractivity contribution in [2.75, 3.05) is 5.32 Å². The lowest BCUT2D eigenvalue weighted by Crippen LogP contribution is -2.30. The number of anilines is 1. The van der Waals surface area contributed by atoms with E-state index < -0.39 is 12.1 Å². The van der Waals surface area contributed by atoms with Crippen molar-refractivity contribution < 1.29 is 14.3 Å². The molecule has 0 fully saturated rings. The average molecular weight is 375 g/mol. The maximum absolute atomic E-state index is 12.4. The zero-order valence-corrected chi connectivity index (χ0v) is 15.6. The minimum Gasteiger partial charge on any atom is -0.449 e. The second-order valence-corrected chi connectivity index (χ2v) is 6.87. The number of nitrogens with zero attached hydrogens (tertiary/aromatic N) is 2. The summed E-state index contributed by atoms with van der Waals surface area (Å²) in [6.45, 7) is 1.57. The quantitative estimate of drug-likeness (QED) is 0.692. The Morgan fingerprint density at radius 3 is 2.64 bits per heavy atom. The average Bonchev–Trinajstić information content (AvgIpc) is 3.39. The van der Waals surface area contributed by atoms with Crippen LogP contribution in [0.1, 0.15) is 34.8 Å². The second-order valence-electron chi connectivity index (χ2n) is 6.87. The molecule has 1 heterocycles. The fourth-order valence-electron chi connectivity index (χ4n) is 3.35. The van der Waals surface area contributed by atoms with E-state index in [2.05, 4.69) is 16.5 Å². The highest BCUT2D eigenvalue weighted by Crippen LogP contribution is 2.25. The first-order valence-electron chi connectivity index (χ1n) is 9.34. The summed E-state index contributed by atoms with van der Waals surface area (Å²) >= 11 is 0. The lowest BCUT2D eigenvalue weighted by atomic mass is 10.1. The largest absolute Gasteiger partial charge is 0.449 e. The van der Waals surface area contributed by atoms with Crippen LogP contribution in [0, 0.1) is 0 Å². The molecular formula is C22H21N3O3. The minimum absolute atomic E-state index is 0.348. The molecule has 0 aliphatic heterocycles. The van der Waals surface area contributed by atoms with Gasteiger partial charge in [-0.05, 0) is 79.8 Å². The number of carbonyl (C=O) groups excluding carboxylic acids is 2. The van der Waals surface area contributed by atoms with Crippen molar-refractivity contribution in [3.63, 3.8) is 0 Å². The van der Waals surface area contributed by atoms with Crippen LogP contribution in [-0.4, -0.2) is 27.8 Å². The molecule has 4 rings (SSSR count). The Hall–Kier alpha value is -3.41. The van der Waals surface area contributed by atoms with E-state index in [9.17, 15) is 9.59 Å². The Morgan fingerprint density at radius 1 is 1.11 bits per heavy atom. The molecule has 1 amide bonds. The molecule has 142 valence electrons. The molecule has 6 nitrogen and oxygen atoms in total. The summed E-state index contributed by atoms with van der Waals surface area (Å²) in [5.41, 5.74) is 4.57. The van der Waals surface area contributed by atoms with Gasteiger partial charge in [0.2, 0.25) is 0 Å². The van der Waals surface area contributed by atoms with Crippen molar-refractivity contribution in [3.8, 4) is 5.69 Å². The molecule has 1 atom stereocenters. The molecule has 0 saturated carbocycles. The molecule has 2 aromatic carbocycles. The van der Waals surface area contributed by atoms with Crippen molar-refractivity contribution in [1.29, 1.82) is 0 Å². The van der Waals surface area contributed by atoms with E-state index >= 15 is 0 Å². The summed E-state index contributed by atoms with van der Waals surface area (Å²) < 4.78 is 7.02. The number of rotatable bonds is 5. The Kier molecular flexibility index (Phi) is 4.93. The van der Waals surface area contributed by atoms with Crippen LogP contribution in [0.2, 0.25) is 0 Å². The molecule has 1 aromatic heterocycles. The van der Waals surface area contributed by atoms with Gasteiger partial charge in [0.25, 0.3) is 5.91 Å². The smallest absolute Gasteiger partial charge is 0.338 e. The van der Waals surface area contributed by atoms with Gasteiger partial charge in [0.15, 0.2) is 6.10 Å². The van der Waals surface area contributed by atoms with Crippen molar-refractivity contribution in [2.45, 2.75) is 32.3 Å². The maximum Gasteiger partial charge on any atom is 0.338 e. The molecule has 3 aromatic rings. The van der Waals surface area contributed by atoms with Crippen LogP contribution in [0.15, 0.2) is 60.9 Å². The Labute approximate surface area is 163 Å². The molecular weight excluding hydrogens is 354 g/mol. The molecule has 0 spiro atoms. The monoisotopic (exact) mass is 375 g/mol. The lowest BCUT2D eigenvalue weighted by molar-refractivity contribution is -0.123. The Balaban J connectivity index is 1.36. The minimum atomic E-state index is -0.897. The van der Waals surface area contributed by atoms with Gasteiger partial charge in [0.1, 0.15) is 0 Å². The highest BCUT2D eigenvalue weighted by molar-refractivity contribution is 5.97. The van der Waals surface area contributed by atoms with Gasteiger partial charge in [0.05, 0.1) is 11.3 Å². The summed E-state index contributed by atoms with van der Waals surface area (Å²) in [6.07, 6.45) is 5.89. The summed E-state index contributed by atoms with van der Waals surface area (Å²) in [5, 5.41) is 6.97. The number of amides is 1. The van der Waals surface area contributed by atoms with E-state index in [4.69, 9.17) is 4.74 Å². The third kappa shape index (κ3) is 3.81.